The van der Waals surface area contributed by atoms with Crippen molar-refractivity contribution in [1.82, 2.24) is 0 Å². The van der Waals surface area contributed by atoms with Crippen LogP contribution in [0.15, 0.2) is 36.4 Å². The highest BCUT2D eigenvalue weighted by atomic mass is 35.5. The van der Waals surface area contributed by atoms with Crippen LogP contribution in [0.3, 0.4) is 0 Å². The molecule has 0 fully saturated rings. The summed E-state index contributed by atoms with van der Waals surface area (Å²) in [5.41, 5.74) is 0.575. The summed E-state index contributed by atoms with van der Waals surface area (Å²) in [5, 5.41) is 9.33. The molecule has 0 spiro atoms. The normalized spacial score (nSPS) is 9.90. The molecule has 0 heterocycles. The Hall–Kier alpha value is -2.25. The molecule has 0 aliphatic heterocycles. The van der Waals surface area contributed by atoms with E-state index in [-0.39, 0.29) is 17.9 Å². The Labute approximate surface area is 121 Å². The number of nitriles is 1. The molecule has 0 radical (unpaired) electrons. The number of benzene rings is 2. The first kappa shape index (κ1) is 14.2. The molecule has 0 aliphatic carbocycles. The van der Waals surface area contributed by atoms with E-state index >= 15 is 0 Å². The van der Waals surface area contributed by atoms with Gasteiger partial charge < -0.3 is 9.47 Å². The molecule has 5 heteroatoms. The van der Waals surface area contributed by atoms with Crippen molar-refractivity contribution in [2.24, 2.45) is 0 Å². The average molecular weight is 292 g/mol. The quantitative estimate of drug-likeness (QED) is 0.857. The van der Waals surface area contributed by atoms with Gasteiger partial charge in [0.2, 0.25) is 0 Å². The van der Waals surface area contributed by atoms with Gasteiger partial charge in [0.15, 0.2) is 11.6 Å². The second-order valence-electron chi connectivity index (χ2n) is 3.95. The largest absolute Gasteiger partial charge is 0.494 e. The van der Waals surface area contributed by atoms with Gasteiger partial charge in [0.25, 0.3) is 0 Å². The van der Waals surface area contributed by atoms with E-state index in [0.717, 1.165) is 0 Å². The summed E-state index contributed by atoms with van der Waals surface area (Å²) in [6.07, 6.45) is 0. The molecule has 2 rings (SSSR count). The van der Waals surface area contributed by atoms with Crippen molar-refractivity contribution in [3.63, 3.8) is 0 Å². The van der Waals surface area contributed by atoms with Crippen LogP contribution in [0.4, 0.5) is 4.39 Å². The molecule has 2 aromatic carbocycles. The lowest BCUT2D eigenvalue weighted by Crippen LogP contribution is -2.01. The average Bonchev–Trinajstić information content (AvgIpc) is 2.46. The number of methoxy groups -OCH3 is 1. The van der Waals surface area contributed by atoms with Crippen molar-refractivity contribution in [3.05, 3.63) is 58.4 Å². The molecule has 0 aliphatic rings. The highest BCUT2D eigenvalue weighted by Gasteiger charge is 2.11. The Bertz CT molecular complexity index is 667. The molecule has 0 aromatic heterocycles. The minimum atomic E-state index is -0.476. The lowest BCUT2D eigenvalue weighted by molar-refractivity contribution is 0.295. The predicted octanol–water partition coefficient (Wildman–Crippen LogP) is 3.94. The number of hydrogen-bond donors (Lipinski definition) is 0. The van der Waals surface area contributed by atoms with Crippen molar-refractivity contribution in [1.29, 1.82) is 5.26 Å². The molecule has 0 unspecified atom stereocenters. The van der Waals surface area contributed by atoms with E-state index in [2.05, 4.69) is 0 Å². The molecular weight excluding hydrogens is 281 g/mol. The van der Waals surface area contributed by atoms with Crippen LogP contribution in [-0.4, -0.2) is 7.11 Å². The number of nitrogens with zero attached hydrogens (tertiary/aromatic N) is 1. The molecule has 0 amide bonds. The predicted molar refractivity (Wildman–Crippen MR) is 73.5 cm³/mol. The zero-order chi connectivity index (χ0) is 14.5. The maximum atomic E-state index is 13.9. The third-order valence-corrected chi connectivity index (χ3v) is 3.05. The van der Waals surface area contributed by atoms with Gasteiger partial charge in [-0.25, -0.2) is 4.39 Å². The maximum Gasteiger partial charge on any atom is 0.171 e. The van der Waals surface area contributed by atoms with Crippen molar-refractivity contribution in [2.45, 2.75) is 6.61 Å². The Morgan fingerprint density at radius 2 is 1.90 bits per heavy atom. The van der Waals surface area contributed by atoms with Gasteiger partial charge >= 0.3 is 0 Å². The van der Waals surface area contributed by atoms with Crippen LogP contribution in [0.1, 0.15) is 11.1 Å². The summed E-state index contributed by atoms with van der Waals surface area (Å²) in [6.45, 7) is -0.0158. The third-order valence-electron chi connectivity index (χ3n) is 2.73. The standard InChI is InChI=1S/C15H11ClFNO2/c1-19-14-7-2-4-10(15(14)17)9-20-13-6-3-5-12(16)11(13)8-18/h2-7H,9H2,1H3. The van der Waals surface area contributed by atoms with Gasteiger partial charge in [0, 0.05) is 5.56 Å². The topological polar surface area (TPSA) is 42.2 Å². The van der Waals surface area contributed by atoms with Crippen molar-refractivity contribution < 1.29 is 13.9 Å². The first-order valence-electron chi connectivity index (χ1n) is 5.80. The van der Waals surface area contributed by atoms with Gasteiger partial charge in [0.1, 0.15) is 24.0 Å². The molecule has 0 saturated carbocycles. The molecule has 3 nitrogen and oxygen atoms in total. The van der Waals surface area contributed by atoms with Crippen LogP contribution < -0.4 is 9.47 Å². The number of hydrogen-bond acceptors (Lipinski definition) is 3. The molecule has 102 valence electrons. The van der Waals surface area contributed by atoms with Crippen LogP contribution in [0, 0.1) is 17.1 Å². The monoisotopic (exact) mass is 291 g/mol. The summed E-state index contributed by atoms with van der Waals surface area (Å²) in [5.74, 6) is -0.00421. The van der Waals surface area contributed by atoms with Crippen LogP contribution in [-0.2, 0) is 6.61 Å². The van der Waals surface area contributed by atoms with E-state index in [0.29, 0.717) is 16.3 Å². The highest BCUT2D eigenvalue weighted by Crippen LogP contribution is 2.27. The third kappa shape index (κ3) is 2.84. The second kappa shape index (κ2) is 6.27. The number of rotatable bonds is 4. The van der Waals surface area contributed by atoms with E-state index in [1.54, 1.807) is 30.3 Å². The molecule has 2 aromatic rings. The highest BCUT2D eigenvalue weighted by molar-refractivity contribution is 6.31. The number of ether oxygens (including phenoxy) is 2. The van der Waals surface area contributed by atoms with Crippen molar-refractivity contribution in [3.8, 4) is 17.6 Å². The molecule has 0 bridgehead atoms. The van der Waals surface area contributed by atoms with Crippen molar-refractivity contribution in [2.75, 3.05) is 7.11 Å². The summed E-state index contributed by atoms with van der Waals surface area (Å²) in [6, 6.07) is 11.6. The Balaban J connectivity index is 2.22. The lowest BCUT2D eigenvalue weighted by atomic mass is 10.2. The summed E-state index contributed by atoms with van der Waals surface area (Å²) in [7, 11) is 1.40. The molecular formula is C15H11ClFNO2. The lowest BCUT2D eigenvalue weighted by Gasteiger charge is -2.10. The van der Waals surface area contributed by atoms with E-state index in [9.17, 15) is 4.39 Å². The van der Waals surface area contributed by atoms with Gasteiger partial charge in [-0.1, -0.05) is 29.8 Å². The van der Waals surface area contributed by atoms with Gasteiger partial charge in [-0.15, -0.1) is 0 Å². The van der Waals surface area contributed by atoms with E-state index < -0.39 is 5.82 Å². The van der Waals surface area contributed by atoms with Crippen LogP contribution in [0.5, 0.6) is 11.5 Å². The summed E-state index contributed by atoms with van der Waals surface area (Å²) in [4.78, 5) is 0. The fourth-order valence-corrected chi connectivity index (χ4v) is 1.92. The van der Waals surface area contributed by atoms with Gasteiger partial charge in [-0.05, 0) is 18.2 Å². The fourth-order valence-electron chi connectivity index (χ4n) is 1.71. The zero-order valence-corrected chi connectivity index (χ0v) is 11.4. The van der Waals surface area contributed by atoms with Crippen molar-refractivity contribution >= 4 is 11.6 Å². The van der Waals surface area contributed by atoms with Crippen LogP contribution >= 0.6 is 11.6 Å². The second-order valence-corrected chi connectivity index (χ2v) is 4.35. The minimum absolute atomic E-state index is 0.0158. The minimum Gasteiger partial charge on any atom is -0.494 e. The van der Waals surface area contributed by atoms with E-state index in [1.165, 1.54) is 13.2 Å². The Kier molecular flexibility index (Phi) is 4.44. The first-order chi connectivity index (χ1) is 9.67. The first-order valence-corrected chi connectivity index (χ1v) is 6.18. The van der Waals surface area contributed by atoms with Gasteiger partial charge in [-0.2, -0.15) is 5.26 Å². The Morgan fingerprint density at radius 3 is 2.60 bits per heavy atom. The van der Waals surface area contributed by atoms with E-state index in [4.69, 9.17) is 26.3 Å². The molecule has 0 N–H and O–H groups in total. The smallest absolute Gasteiger partial charge is 0.171 e. The number of halogens is 2. The molecule has 20 heavy (non-hydrogen) atoms. The maximum absolute atomic E-state index is 13.9. The van der Waals surface area contributed by atoms with Gasteiger partial charge in [-0.3, -0.25) is 0 Å². The van der Waals surface area contributed by atoms with E-state index in [1.807, 2.05) is 6.07 Å². The summed E-state index contributed by atoms with van der Waals surface area (Å²) < 4.78 is 24.3. The van der Waals surface area contributed by atoms with Gasteiger partial charge in [0.05, 0.1) is 12.1 Å². The SMILES string of the molecule is COc1cccc(COc2cccc(Cl)c2C#N)c1F. The zero-order valence-electron chi connectivity index (χ0n) is 10.7. The van der Waals surface area contributed by atoms with Crippen LogP contribution in [0.25, 0.3) is 0 Å². The van der Waals surface area contributed by atoms with Crippen LogP contribution in [0.2, 0.25) is 5.02 Å². The summed E-state index contributed by atoms with van der Waals surface area (Å²) >= 11 is 5.89. The fraction of sp³-hybridized carbons (Fsp3) is 0.133. The molecule has 0 saturated heterocycles. The molecule has 0 atom stereocenters. The Morgan fingerprint density at radius 1 is 1.20 bits per heavy atom.